The summed E-state index contributed by atoms with van der Waals surface area (Å²) < 4.78 is 0. The van der Waals surface area contributed by atoms with Gasteiger partial charge < -0.3 is 5.32 Å². The van der Waals surface area contributed by atoms with Crippen molar-refractivity contribution in [3.8, 4) is 12.3 Å². The molecule has 0 aliphatic carbocycles. The fourth-order valence-electron chi connectivity index (χ4n) is 0.782. The first kappa shape index (κ1) is 10.0. The van der Waals surface area contributed by atoms with Crippen molar-refractivity contribution < 1.29 is 4.79 Å². The highest BCUT2D eigenvalue weighted by molar-refractivity contribution is 5.76. The smallest absolute Gasteiger partial charge is 0.220 e. The summed E-state index contributed by atoms with van der Waals surface area (Å²) in [5.74, 6) is 2.57. The SMILES string of the molecule is C#CC(CCC)NC(=O)CC. The summed E-state index contributed by atoms with van der Waals surface area (Å²) in [5.41, 5.74) is 0. The van der Waals surface area contributed by atoms with Crippen molar-refractivity contribution in [2.24, 2.45) is 0 Å². The summed E-state index contributed by atoms with van der Waals surface area (Å²) in [4.78, 5) is 10.8. The molecule has 1 atom stereocenters. The number of rotatable bonds is 4. The molecule has 0 rings (SSSR count). The van der Waals surface area contributed by atoms with Crippen LogP contribution in [0.15, 0.2) is 0 Å². The highest BCUT2D eigenvalue weighted by Gasteiger charge is 2.05. The molecule has 0 spiro atoms. The molecule has 0 aromatic heterocycles. The fourth-order valence-corrected chi connectivity index (χ4v) is 0.782. The van der Waals surface area contributed by atoms with Gasteiger partial charge in [-0.25, -0.2) is 0 Å². The third kappa shape index (κ3) is 4.44. The molecule has 1 N–H and O–H groups in total. The van der Waals surface area contributed by atoms with Gasteiger partial charge in [-0.2, -0.15) is 0 Å². The molecule has 0 saturated heterocycles. The van der Waals surface area contributed by atoms with Crippen molar-refractivity contribution in [1.82, 2.24) is 5.32 Å². The lowest BCUT2D eigenvalue weighted by atomic mass is 10.2. The molecular formula is C9H15NO. The summed E-state index contributed by atoms with van der Waals surface area (Å²) in [6, 6.07) is -0.0764. The predicted octanol–water partition coefficient (Wildman–Crippen LogP) is 1.31. The molecule has 0 saturated carbocycles. The van der Waals surface area contributed by atoms with Gasteiger partial charge in [0.1, 0.15) is 0 Å². The minimum Gasteiger partial charge on any atom is -0.342 e. The third-order valence-corrected chi connectivity index (χ3v) is 1.43. The van der Waals surface area contributed by atoms with Gasteiger partial charge >= 0.3 is 0 Å². The van der Waals surface area contributed by atoms with E-state index < -0.39 is 0 Å². The second-order valence-electron chi connectivity index (χ2n) is 2.43. The minimum absolute atomic E-state index is 0.0291. The van der Waals surface area contributed by atoms with Gasteiger partial charge in [0.15, 0.2) is 0 Å². The van der Waals surface area contributed by atoms with E-state index in [4.69, 9.17) is 6.42 Å². The summed E-state index contributed by atoms with van der Waals surface area (Å²) in [6.45, 7) is 3.86. The number of hydrogen-bond acceptors (Lipinski definition) is 1. The zero-order valence-electron chi connectivity index (χ0n) is 7.18. The van der Waals surface area contributed by atoms with Crippen LogP contribution in [0.3, 0.4) is 0 Å². The monoisotopic (exact) mass is 153 g/mol. The van der Waals surface area contributed by atoms with E-state index in [1.54, 1.807) is 0 Å². The molecule has 0 heterocycles. The molecule has 11 heavy (non-hydrogen) atoms. The lowest BCUT2D eigenvalue weighted by Gasteiger charge is -2.10. The lowest BCUT2D eigenvalue weighted by Crippen LogP contribution is -2.32. The van der Waals surface area contributed by atoms with Crippen LogP contribution < -0.4 is 5.32 Å². The van der Waals surface area contributed by atoms with Crippen molar-refractivity contribution in [3.63, 3.8) is 0 Å². The quantitative estimate of drug-likeness (QED) is 0.606. The van der Waals surface area contributed by atoms with Crippen molar-refractivity contribution in [2.75, 3.05) is 0 Å². The van der Waals surface area contributed by atoms with Crippen LogP contribution >= 0.6 is 0 Å². The van der Waals surface area contributed by atoms with E-state index in [1.807, 2.05) is 13.8 Å². The van der Waals surface area contributed by atoms with Crippen LogP contribution in [0.4, 0.5) is 0 Å². The topological polar surface area (TPSA) is 29.1 Å². The number of carbonyl (C=O) groups excluding carboxylic acids is 1. The molecule has 0 aromatic carbocycles. The second kappa shape index (κ2) is 5.79. The lowest BCUT2D eigenvalue weighted by molar-refractivity contribution is -0.121. The summed E-state index contributed by atoms with van der Waals surface area (Å²) in [7, 11) is 0. The van der Waals surface area contributed by atoms with Gasteiger partial charge in [-0.15, -0.1) is 6.42 Å². The Labute approximate surface area is 68.4 Å². The van der Waals surface area contributed by atoms with Crippen molar-refractivity contribution in [3.05, 3.63) is 0 Å². The van der Waals surface area contributed by atoms with Crippen molar-refractivity contribution in [1.29, 1.82) is 0 Å². The molecule has 2 nitrogen and oxygen atoms in total. The van der Waals surface area contributed by atoms with Crippen LogP contribution in [0.5, 0.6) is 0 Å². The number of terminal acetylenes is 1. The molecule has 0 bridgehead atoms. The molecule has 0 aliphatic rings. The van der Waals surface area contributed by atoms with Crippen molar-refractivity contribution >= 4 is 5.91 Å². The Morgan fingerprint density at radius 2 is 2.27 bits per heavy atom. The van der Waals surface area contributed by atoms with Gasteiger partial charge in [-0.3, -0.25) is 4.79 Å². The molecule has 0 fully saturated rings. The van der Waals surface area contributed by atoms with Gasteiger partial charge in [0.2, 0.25) is 5.91 Å². The summed E-state index contributed by atoms with van der Waals surface area (Å²) in [5, 5.41) is 2.74. The number of carbonyl (C=O) groups is 1. The maximum absolute atomic E-state index is 10.8. The minimum atomic E-state index is -0.0764. The molecule has 1 unspecified atom stereocenters. The van der Waals surface area contributed by atoms with Crippen LogP contribution in [0.25, 0.3) is 0 Å². The number of amides is 1. The summed E-state index contributed by atoms with van der Waals surface area (Å²) in [6.07, 6.45) is 7.56. The van der Waals surface area contributed by atoms with E-state index in [0.717, 1.165) is 12.8 Å². The summed E-state index contributed by atoms with van der Waals surface area (Å²) >= 11 is 0. The maximum Gasteiger partial charge on any atom is 0.220 e. The van der Waals surface area contributed by atoms with E-state index >= 15 is 0 Å². The van der Waals surface area contributed by atoms with Gasteiger partial charge in [-0.05, 0) is 6.42 Å². The molecule has 1 amide bonds. The average Bonchev–Trinajstić information content (AvgIpc) is 2.03. The van der Waals surface area contributed by atoms with E-state index in [0.29, 0.717) is 6.42 Å². The highest BCUT2D eigenvalue weighted by atomic mass is 16.1. The molecule has 0 aromatic rings. The molecule has 2 heteroatoms. The number of nitrogens with one attached hydrogen (secondary N) is 1. The maximum atomic E-state index is 10.8. The predicted molar refractivity (Wildman–Crippen MR) is 46.0 cm³/mol. The van der Waals surface area contributed by atoms with E-state index in [9.17, 15) is 4.79 Å². The first-order chi connectivity index (χ1) is 5.24. The zero-order chi connectivity index (χ0) is 8.69. The Morgan fingerprint density at radius 1 is 1.64 bits per heavy atom. The van der Waals surface area contributed by atoms with Crippen LogP contribution in [0.2, 0.25) is 0 Å². The zero-order valence-corrected chi connectivity index (χ0v) is 7.18. The van der Waals surface area contributed by atoms with E-state index in [1.165, 1.54) is 0 Å². The second-order valence-corrected chi connectivity index (χ2v) is 2.43. The van der Waals surface area contributed by atoms with Crippen LogP contribution in [0.1, 0.15) is 33.1 Å². The highest BCUT2D eigenvalue weighted by Crippen LogP contribution is 1.94. The molecule has 62 valence electrons. The first-order valence-corrected chi connectivity index (χ1v) is 4.00. The number of hydrogen-bond donors (Lipinski definition) is 1. The Bertz CT molecular complexity index is 157. The van der Waals surface area contributed by atoms with Crippen molar-refractivity contribution in [2.45, 2.75) is 39.2 Å². The average molecular weight is 153 g/mol. The third-order valence-electron chi connectivity index (χ3n) is 1.43. The van der Waals surface area contributed by atoms with E-state index in [2.05, 4.69) is 11.2 Å². The normalized spacial score (nSPS) is 11.7. The largest absolute Gasteiger partial charge is 0.342 e. The van der Waals surface area contributed by atoms with Gasteiger partial charge in [0.25, 0.3) is 0 Å². The standard InChI is InChI=1S/C9H15NO/c1-4-7-8(5-2)10-9(11)6-3/h2,8H,4,6-7H2,1,3H3,(H,10,11). The van der Waals surface area contributed by atoms with Gasteiger partial charge in [0.05, 0.1) is 6.04 Å². The Morgan fingerprint density at radius 3 is 2.64 bits per heavy atom. The Hall–Kier alpha value is -0.970. The molecule has 0 aliphatic heterocycles. The van der Waals surface area contributed by atoms with Gasteiger partial charge in [0, 0.05) is 6.42 Å². The van der Waals surface area contributed by atoms with Crippen LogP contribution in [-0.2, 0) is 4.79 Å². The molecule has 0 radical (unpaired) electrons. The Kier molecular flexibility index (Phi) is 5.28. The van der Waals surface area contributed by atoms with Crippen LogP contribution in [0, 0.1) is 12.3 Å². The fraction of sp³-hybridized carbons (Fsp3) is 0.667. The first-order valence-electron chi connectivity index (χ1n) is 4.00. The van der Waals surface area contributed by atoms with Crippen LogP contribution in [-0.4, -0.2) is 11.9 Å². The van der Waals surface area contributed by atoms with E-state index in [-0.39, 0.29) is 11.9 Å². The molecular weight excluding hydrogens is 138 g/mol. The van der Waals surface area contributed by atoms with Gasteiger partial charge in [-0.1, -0.05) is 26.2 Å². The Balaban J connectivity index is 3.70.